The third-order valence-electron chi connectivity index (χ3n) is 1.81. The first-order chi connectivity index (χ1) is 6.31. The fourth-order valence-electron chi connectivity index (χ4n) is 1.23. The van der Waals surface area contributed by atoms with Gasteiger partial charge in [-0.15, -0.1) is 11.3 Å². The van der Waals surface area contributed by atoms with Gasteiger partial charge in [0, 0.05) is 18.0 Å². The molecular weight excluding hydrogens is 188 g/mol. The minimum atomic E-state index is -0.304. The normalized spacial score (nSPS) is 14.2. The standard InChI is InChI=1S/C8H10N2O2S/c1-2-12-8(11)7-10-5-3-9-4-6(5)13-7/h9H,2-4H2,1H3. The number of hydrogen-bond acceptors (Lipinski definition) is 5. The summed E-state index contributed by atoms with van der Waals surface area (Å²) in [6.07, 6.45) is 0. The van der Waals surface area contributed by atoms with Gasteiger partial charge in [0.2, 0.25) is 5.01 Å². The second kappa shape index (κ2) is 3.43. The molecule has 0 saturated heterocycles. The quantitative estimate of drug-likeness (QED) is 0.718. The van der Waals surface area contributed by atoms with Crippen LogP contribution in [-0.4, -0.2) is 17.6 Å². The van der Waals surface area contributed by atoms with Gasteiger partial charge in [-0.3, -0.25) is 0 Å². The number of nitrogens with zero attached hydrogens (tertiary/aromatic N) is 1. The third kappa shape index (κ3) is 1.57. The summed E-state index contributed by atoms with van der Waals surface area (Å²) in [5.74, 6) is -0.304. The Hall–Kier alpha value is -0.940. The smallest absolute Gasteiger partial charge is 0.367 e. The second-order valence-electron chi connectivity index (χ2n) is 2.71. The van der Waals surface area contributed by atoms with E-state index in [4.69, 9.17) is 4.74 Å². The zero-order valence-electron chi connectivity index (χ0n) is 7.29. The first kappa shape index (κ1) is 8.65. The van der Waals surface area contributed by atoms with Crippen molar-refractivity contribution in [2.75, 3.05) is 6.61 Å². The van der Waals surface area contributed by atoms with Crippen LogP contribution < -0.4 is 5.32 Å². The largest absolute Gasteiger partial charge is 0.461 e. The first-order valence-electron chi connectivity index (χ1n) is 4.17. The van der Waals surface area contributed by atoms with Gasteiger partial charge in [0.15, 0.2) is 0 Å². The molecule has 0 fully saturated rings. The molecule has 0 aromatic carbocycles. The van der Waals surface area contributed by atoms with E-state index in [-0.39, 0.29) is 5.97 Å². The number of rotatable bonds is 2. The lowest BCUT2D eigenvalue weighted by Crippen LogP contribution is -2.06. The van der Waals surface area contributed by atoms with Gasteiger partial charge in [-0.2, -0.15) is 0 Å². The molecule has 4 nitrogen and oxygen atoms in total. The van der Waals surface area contributed by atoms with E-state index in [1.54, 1.807) is 6.92 Å². The van der Waals surface area contributed by atoms with Crippen LogP contribution in [0.3, 0.4) is 0 Å². The van der Waals surface area contributed by atoms with Gasteiger partial charge in [-0.05, 0) is 6.92 Å². The molecule has 5 heteroatoms. The van der Waals surface area contributed by atoms with Gasteiger partial charge in [0.25, 0.3) is 0 Å². The Morgan fingerprint density at radius 3 is 3.23 bits per heavy atom. The maximum atomic E-state index is 11.3. The monoisotopic (exact) mass is 198 g/mol. The number of fused-ring (bicyclic) bond motifs is 1. The van der Waals surface area contributed by atoms with E-state index in [0.29, 0.717) is 11.6 Å². The van der Waals surface area contributed by atoms with Gasteiger partial charge in [0.1, 0.15) is 0 Å². The zero-order chi connectivity index (χ0) is 9.26. The Labute approximate surface area is 79.9 Å². The van der Waals surface area contributed by atoms with E-state index < -0.39 is 0 Å². The fraction of sp³-hybridized carbons (Fsp3) is 0.500. The van der Waals surface area contributed by atoms with Crippen LogP contribution >= 0.6 is 11.3 Å². The lowest BCUT2D eigenvalue weighted by atomic mass is 10.4. The number of thiazole rings is 1. The molecule has 1 N–H and O–H groups in total. The van der Waals surface area contributed by atoms with Crippen LogP contribution in [0.4, 0.5) is 0 Å². The minimum Gasteiger partial charge on any atom is -0.461 e. The molecule has 0 spiro atoms. The van der Waals surface area contributed by atoms with Crippen LogP contribution in [0.1, 0.15) is 27.3 Å². The number of carbonyl (C=O) groups excluding carboxylic acids is 1. The Kier molecular flexibility index (Phi) is 2.28. The van der Waals surface area contributed by atoms with Gasteiger partial charge >= 0.3 is 5.97 Å². The molecule has 1 aliphatic heterocycles. The number of aromatic nitrogens is 1. The molecule has 0 aliphatic carbocycles. The molecule has 2 heterocycles. The molecule has 0 amide bonds. The summed E-state index contributed by atoms with van der Waals surface area (Å²) in [4.78, 5) is 16.6. The topological polar surface area (TPSA) is 51.2 Å². The number of nitrogens with one attached hydrogen (secondary N) is 1. The van der Waals surface area contributed by atoms with E-state index in [1.165, 1.54) is 11.3 Å². The highest BCUT2D eigenvalue weighted by Gasteiger charge is 2.20. The van der Waals surface area contributed by atoms with E-state index in [1.807, 2.05) is 0 Å². The molecule has 1 aromatic rings. The van der Waals surface area contributed by atoms with Crippen LogP contribution in [-0.2, 0) is 17.8 Å². The highest BCUT2D eigenvalue weighted by atomic mass is 32.1. The van der Waals surface area contributed by atoms with E-state index >= 15 is 0 Å². The molecule has 0 bridgehead atoms. The van der Waals surface area contributed by atoms with Crippen molar-refractivity contribution in [3.05, 3.63) is 15.6 Å². The summed E-state index contributed by atoms with van der Waals surface area (Å²) in [5, 5.41) is 3.64. The lowest BCUT2D eigenvalue weighted by molar-refractivity contribution is 0.0525. The first-order valence-corrected chi connectivity index (χ1v) is 4.99. The predicted octanol–water partition coefficient (Wildman–Crippen LogP) is 0.923. The fourth-order valence-corrected chi connectivity index (χ4v) is 2.18. The number of ether oxygens (including phenoxy) is 1. The van der Waals surface area contributed by atoms with E-state index in [0.717, 1.165) is 23.7 Å². The van der Waals surface area contributed by atoms with Crippen molar-refractivity contribution in [1.29, 1.82) is 0 Å². The summed E-state index contributed by atoms with van der Waals surface area (Å²) in [5.41, 5.74) is 0.994. The lowest BCUT2D eigenvalue weighted by Gasteiger charge is -1.96. The molecule has 0 radical (unpaired) electrons. The summed E-state index contributed by atoms with van der Waals surface area (Å²) < 4.78 is 4.85. The van der Waals surface area contributed by atoms with Gasteiger partial charge in [-0.25, -0.2) is 9.78 Å². The summed E-state index contributed by atoms with van der Waals surface area (Å²) in [6, 6.07) is 0. The molecule has 0 unspecified atom stereocenters. The number of carbonyl (C=O) groups is 1. The van der Waals surface area contributed by atoms with Crippen LogP contribution in [0.2, 0.25) is 0 Å². The van der Waals surface area contributed by atoms with Crippen molar-refractivity contribution in [2.24, 2.45) is 0 Å². The molecule has 70 valence electrons. The average Bonchev–Trinajstić information content (AvgIpc) is 2.61. The molecule has 13 heavy (non-hydrogen) atoms. The third-order valence-corrected chi connectivity index (χ3v) is 2.88. The van der Waals surface area contributed by atoms with E-state index in [2.05, 4.69) is 10.3 Å². The Balaban J connectivity index is 2.18. The summed E-state index contributed by atoms with van der Waals surface area (Å²) in [7, 11) is 0. The van der Waals surface area contributed by atoms with E-state index in [9.17, 15) is 4.79 Å². The average molecular weight is 198 g/mol. The van der Waals surface area contributed by atoms with Crippen LogP contribution in [0.15, 0.2) is 0 Å². The number of esters is 1. The summed E-state index contributed by atoms with van der Waals surface area (Å²) >= 11 is 1.42. The van der Waals surface area contributed by atoms with Crippen molar-refractivity contribution in [3.8, 4) is 0 Å². The maximum Gasteiger partial charge on any atom is 0.367 e. The highest BCUT2D eigenvalue weighted by Crippen LogP contribution is 2.22. The van der Waals surface area contributed by atoms with Gasteiger partial charge in [0.05, 0.1) is 12.3 Å². The number of hydrogen-bond donors (Lipinski definition) is 1. The molecule has 1 aliphatic rings. The molecular formula is C8H10N2O2S. The van der Waals surface area contributed by atoms with Crippen LogP contribution in [0, 0.1) is 0 Å². The second-order valence-corrected chi connectivity index (χ2v) is 3.80. The van der Waals surface area contributed by atoms with Crippen LogP contribution in [0.5, 0.6) is 0 Å². The predicted molar refractivity (Wildman–Crippen MR) is 48.6 cm³/mol. The van der Waals surface area contributed by atoms with Gasteiger partial charge in [-0.1, -0.05) is 0 Å². The van der Waals surface area contributed by atoms with Crippen molar-refractivity contribution < 1.29 is 9.53 Å². The Bertz CT molecular complexity index is 313. The maximum absolute atomic E-state index is 11.3. The van der Waals surface area contributed by atoms with Crippen molar-refractivity contribution in [3.63, 3.8) is 0 Å². The zero-order valence-corrected chi connectivity index (χ0v) is 8.11. The molecule has 2 rings (SSSR count). The molecule has 0 atom stereocenters. The van der Waals surface area contributed by atoms with Crippen molar-refractivity contribution >= 4 is 17.3 Å². The van der Waals surface area contributed by atoms with Gasteiger partial charge < -0.3 is 10.1 Å². The Morgan fingerprint density at radius 1 is 1.69 bits per heavy atom. The minimum absolute atomic E-state index is 0.304. The highest BCUT2D eigenvalue weighted by molar-refractivity contribution is 7.13. The SMILES string of the molecule is CCOC(=O)c1nc2c(s1)CNC2. The molecule has 1 aromatic heterocycles. The van der Waals surface area contributed by atoms with Crippen LogP contribution in [0.25, 0.3) is 0 Å². The summed E-state index contributed by atoms with van der Waals surface area (Å²) in [6.45, 7) is 3.79. The Morgan fingerprint density at radius 2 is 2.54 bits per heavy atom. The van der Waals surface area contributed by atoms with Crippen molar-refractivity contribution in [1.82, 2.24) is 10.3 Å². The molecule has 0 saturated carbocycles. The van der Waals surface area contributed by atoms with Crippen molar-refractivity contribution in [2.45, 2.75) is 20.0 Å².